The molecule has 0 spiro atoms. The summed E-state index contributed by atoms with van der Waals surface area (Å²) in [6.07, 6.45) is 6.00. The Balaban J connectivity index is 1.51. The summed E-state index contributed by atoms with van der Waals surface area (Å²) in [5.41, 5.74) is 1.71. The van der Waals surface area contributed by atoms with Crippen molar-refractivity contribution >= 4 is 17.2 Å². The van der Waals surface area contributed by atoms with Gasteiger partial charge in [0.2, 0.25) is 0 Å². The second-order valence-electron chi connectivity index (χ2n) is 6.99. The molecular formula is C17H23N5O2S. The summed E-state index contributed by atoms with van der Waals surface area (Å²) in [5, 5.41) is 9.40. The van der Waals surface area contributed by atoms with Gasteiger partial charge in [0.05, 0.1) is 29.5 Å². The lowest BCUT2D eigenvalue weighted by molar-refractivity contribution is 0.0527. The Hall–Kier alpha value is -1.80. The van der Waals surface area contributed by atoms with Crippen LogP contribution in [0.15, 0.2) is 6.20 Å². The number of hydrogen-bond donors (Lipinski definition) is 0. The summed E-state index contributed by atoms with van der Waals surface area (Å²) in [4.78, 5) is 20.4. The van der Waals surface area contributed by atoms with Crippen molar-refractivity contribution in [3.05, 3.63) is 27.5 Å². The normalized spacial score (nSPS) is 25.6. The van der Waals surface area contributed by atoms with Gasteiger partial charge in [-0.25, -0.2) is 9.67 Å². The van der Waals surface area contributed by atoms with Gasteiger partial charge in [-0.05, 0) is 39.5 Å². The van der Waals surface area contributed by atoms with Crippen LogP contribution in [0.3, 0.4) is 0 Å². The molecule has 2 atom stereocenters. The van der Waals surface area contributed by atoms with Gasteiger partial charge in [0.25, 0.3) is 5.91 Å². The number of rotatable bonds is 4. The molecule has 2 aliphatic rings. The summed E-state index contributed by atoms with van der Waals surface area (Å²) in [5.74, 6) is 0.160. The molecule has 2 saturated heterocycles. The number of hydrogen-bond acceptors (Lipinski definition) is 6. The number of fused-ring (bicyclic) bond motifs is 2. The average Bonchev–Trinajstić information content (AvgIpc) is 3.24. The molecular weight excluding hydrogens is 338 g/mol. The fourth-order valence-electron chi connectivity index (χ4n) is 4.25. The predicted octanol–water partition coefficient (Wildman–Crippen LogP) is 2.51. The van der Waals surface area contributed by atoms with Crippen LogP contribution in [0.5, 0.6) is 0 Å². The van der Waals surface area contributed by atoms with Crippen molar-refractivity contribution in [2.45, 2.75) is 64.3 Å². The number of nitrogens with zero attached hydrogens (tertiary/aromatic N) is 5. The fraction of sp³-hybridized carbons (Fsp3) is 0.647. The number of aromatic nitrogens is 4. The monoisotopic (exact) mass is 361 g/mol. The lowest BCUT2D eigenvalue weighted by atomic mass is 9.97. The number of carbonyl (C=O) groups excluding carboxylic acids is 1. The fourth-order valence-corrected chi connectivity index (χ4v) is 5.11. The van der Waals surface area contributed by atoms with E-state index >= 15 is 0 Å². The third kappa shape index (κ3) is 2.97. The van der Waals surface area contributed by atoms with Crippen LogP contribution < -0.4 is 0 Å². The minimum atomic E-state index is 0.160. The topological polar surface area (TPSA) is 73.1 Å². The summed E-state index contributed by atoms with van der Waals surface area (Å²) >= 11 is 1.51. The molecule has 0 saturated carbocycles. The van der Waals surface area contributed by atoms with E-state index in [1.54, 1.807) is 7.11 Å². The van der Waals surface area contributed by atoms with E-state index in [0.717, 1.165) is 47.0 Å². The molecule has 0 radical (unpaired) electrons. The van der Waals surface area contributed by atoms with Crippen molar-refractivity contribution in [1.82, 2.24) is 24.9 Å². The quantitative estimate of drug-likeness (QED) is 0.837. The van der Waals surface area contributed by atoms with Gasteiger partial charge in [-0.2, -0.15) is 0 Å². The highest BCUT2D eigenvalue weighted by Crippen LogP contribution is 2.42. The minimum absolute atomic E-state index is 0.160. The molecule has 1 amide bonds. The Labute approximate surface area is 151 Å². The van der Waals surface area contributed by atoms with Gasteiger partial charge in [-0.15, -0.1) is 16.4 Å². The predicted molar refractivity (Wildman–Crippen MR) is 93.6 cm³/mol. The number of piperidine rings is 1. The molecule has 4 heterocycles. The van der Waals surface area contributed by atoms with Crippen LogP contribution in [0, 0.1) is 13.8 Å². The molecule has 2 bridgehead atoms. The van der Waals surface area contributed by atoms with Gasteiger partial charge in [0.1, 0.15) is 10.6 Å². The van der Waals surface area contributed by atoms with Crippen LogP contribution >= 0.6 is 11.3 Å². The maximum absolute atomic E-state index is 13.1. The lowest BCUT2D eigenvalue weighted by Crippen LogP contribution is -2.47. The molecule has 25 heavy (non-hydrogen) atoms. The number of thiazole rings is 1. The molecule has 0 aromatic carbocycles. The Kier molecular flexibility index (Phi) is 4.33. The third-order valence-corrected chi connectivity index (χ3v) is 6.33. The number of aryl methyl sites for hydroxylation is 2. The highest BCUT2D eigenvalue weighted by atomic mass is 32.1. The standard InChI is InChI=1S/C17H23N5O2S/c1-10-16(25-11(2)18-10)17(23)22-13-4-5-14(22)7-15(6-13)21-8-12(9-24-3)19-20-21/h8,13-15H,4-7,9H2,1-3H3. The Morgan fingerprint density at radius 1 is 1.28 bits per heavy atom. The molecule has 7 nitrogen and oxygen atoms in total. The van der Waals surface area contributed by atoms with Crippen molar-refractivity contribution < 1.29 is 9.53 Å². The van der Waals surface area contributed by atoms with Crippen LogP contribution in [0.4, 0.5) is 0 Å². The van der Waals surface area contributed by atoms with Crippen molar-refractivity contribution in [2.24, 2.45) is 0 Å². The largest absolute Gasteiger partial charge is 0.378 e. The SMILES string of the molecule is COCc1cn(C2CC3CCC(C2)N3C(=O)c2sc(C)nc2C)nn1. The number of ether oxygens (including phenoxy) is 1. The van der Waals surface area contributed by atoms with Gasteiger partial charge in [-0.3, -0.25) is 4.79 Å². The van der Waals surface area contributed by atoms with E-state index in [1.807, 2.05) is 24.7 Å². The van der Waals surface area contributed by atoms with E-state index in [4.69, 9.17) is 4.74 Å². The molecule has 2 fully saturated rings. The summed E-state index contributed by atoms with van der Waals surface area (Å²) in [6.45, 7) is 4.37. The van der Waals surface area contributed by atoms with Gasteiger partial charge in [0.15, 0.2) is 0 Å². The molecule has 2 aliphatic heterocycles. The molecule has 2 aromatic rings. The van der Waals surface area contributed by atoms with Crippen molar-refractivity contribution in [1.29, 1.82) is 0 Å². The van der Waals surface area contributed by atoms with E-state index in [1.165, 1.54) is 11.3 Å². The van der Waals surface area contributed by atoms with Crippen LogP contribution in [-0.4, -0.2) is 50.0 Å². The second kappa shape index (κ2) is 6.49. The summed E-state index contributed by atoms with van der Waals surface area (Å²) in [7, 11) is 1.66. The third-order valence-electron chi connectivity index (χ3n) is 5.26. The minimum Gasteiger partial charge on any atom is -0.378 e. The lowest BCUT2D eigenvalue weighted by Gasteiger charge is -2.38. The zero-order chi connectivity index (χ0) is 17.6. The zero-order valence-corrected chi connectivity index (χ0v) is 15.6. The van der Waals surface area contributed by atoms with E-state index in [9.17, 15) is 4.79 Å². The number of carbonyl (C=O) groups is 1. The summed E-state index contributed by atoms with van der Waals surface area (Å²) < 4.78 is 7.08. The van der Waals surface area contributed by atoms with E-state index in [-0.39, 0.29) is 18.0 Å². The second-order valence-corrected chi connectivity index (χ2v) is 8.20. The van der Waals surface area contributed by atoms with Gasteiger partial charge in [0, 0.05) is 19.2 Å². The number of amides is 1. The molecule has 8 heteroatoms. The number of methoxy groups -OCH3 is 1. The van der Waals surface area contributed by atoms with E-state index < -0.39 is 0 Å². The molecule has 2 unspecified atom stereocenters. The van der Waals surface area contributed by atoms with Crippen LogP contribution in [0.1, 0.15) is 57.8 Å². The maximum atomic E-state index is 13.1. The maximum Gasteiger partial charge on any atom is 0.266 e. The van der Waals surface area contributed by atoms with Crippen LogP contribution in [0.25, 0.3) is 0 Å². The highest BCUT2D eigenvalue weighted by molar-refractivity contribution is 7.13. The Morgan fingerprint density at radius 2 is 2.00 bits per heavy atom. The highest BCUT2D eigenvalue weighted by Gasteiger charge is 2.44. The smallest absolute Gasteiger partial charge is 0.266 e. The molecule has 0 N–H and O–H groups in total. The first kappa shape index (κ1) is 16.7. The Bertz CT molecular complexity index is 772. The molecule has 2 aromatic heterocycles. The van der Waals surface area contributed by atoms with Crippen molar-refractivity contribution in [3.63, 3.8) is 0 Å². The van der Waals surface area contributed by atoms with E-state index in [0.29, 0.717) is 12.6 Å². The summed E-state index contributed by atoms with van der Waals surface area (Å²) in [6, 6.07) is 0.880. The Morgan fingerprint density at radius 3 is 2.60 bits per heavy atom. The van der Waals surface area contributed by atoms with E-state index in [2.05, 4.69) is 20.2 Å². The first-order valence-electron chi connectivity index (χ1n) is 8.73. The zero-order valence-electron chi connectivity index (χ0n) is 14.8. The first-order chi connectivity index (χ1) is 12.1. The molecule has 0 aliphatic carbocycles. The van der Waals surface area contributed by atoms with Crippen LogP contribution in [0.2, 0.25) is 0 Å². The van der Waals surface area contributed by atoms with Gasteiger partial charge < -0.3 is 9.64 Å². The first-order valence-corrected chi connectivity index (χ1v) is 9.54. The van der Waals surface area contributed by atoms with Crippen molar-refractivity contribution in [2.75, 3.05) is 7.11 Å². The average molecular weight is 361 g/mol. The van der Waals surface area contributed by atoms with Gasteiger partial charge in [-0.1, -0.05) is 5.21 Å². The molecule has 134 valence electrons. The van der Waals surface area contributed by atoms with Crippen LogP contribution in [-0.2, 0) is 11.3 Å². The van der Waals surface area contributed by atoms with Crippen molar-refractivity contribution in [3.8, 4) is 0 Å². The molecule has 4 rings (SSSR count). The van der Waals surface area contributed by atoms with Gasteiger partial charge >= 0.3 is 0 Å².